The number of carbonyl (C=O) groups excluding carboxylic acids is 3. The van der Waals surface area contributed by atoms with Gasteiger partial charge in [0.1, 0.15) is 6.04 Å². The monoisotopic (exact) mass is 392 g/mol. The lowest BCUT2D eigenvalue weighted by atomic mass is 9.92. The number of aryl methyl sites for hydroxylation is 1. The zero-order chi connectivity index (χ0) is 20.4. The van der Waals surface area contributed by atoms with Crippen LogP contribution in [0.4, 0.5) is 4.79 Å². The van der Waals surface area contributed by atoms with Crippen LogP contribution >= 0.6 is 0 Å². The third-order valence-electron chi connectivity index (χ3n) is 5.59. The predicted molar refractivity (Wildman–Crippen MR) is 107 cm³/mol. The van der Waals surface area contributed by atoms with Crippen molar-refractivity contribution in [2.45, 2.75) is 38.4 Å². The topological polar surface area (TPSA) is 82.6 Å². The quantitative estimate of drug-likeness (QED) is 0.789. The standard InChI is InChI=1S/C22H24N4O3/c1-15-6-8-17(9-7-15)19(27)14-25-18-5-3-11-24-20(18)21(28)26(22(25)29)13-16-4-2-10-23-12-16/h2,4,6-10,12,18,20,24H,3,5,11,13-14H2,1H3. The van der Waals surface area contributed by atoms with E-state index in [-0.39, 0.29) is 30.8 Å². The van der Waals surface area contributed by atoms with Crippen LogP contribution in [0.3, 0.4) is 0 Å². The van der Waals surface area contributed by atoms with Gasteiger partial charge in [0, 0.05) is 18.0 Å². The zero-order valence-corrected chi connectivity index (χ0v) is 16.4. The number of fused-ring (bicyclic) bond motifs is 1. The van der Waals surface area contributed by atoms with Crippen LogP contribution in [0.1, 0.15) is 34.3 Å². The van der Waals surface area contributed by atoms with Gasteiger partial charge in [0.2, 0.25) is 5.91 Å². The zero-order valence-electron chi connectivity index (χ0n) is 16.4. The molecule has 2 unspecified atom stereocenters. The second-order valence-corrected chi connectivity index (χ2v) is 7.63. The Morgan fingerprint density at radius 2 is 2.00 bits per heavy atom. The van der Waals surface area contributed by atoms with Crippen molar-refractivity contribution in [1.29, 1.82) is 0 Å². The number of hydrogen-bond donors (Lipinski definition) is 1. The van der Waals surface area contributed by atoms with Gasteiger partial charge < -0.3 is 10.2 Å². The minimum Gasteiger partial charge on any atom is -0.311 e. The molecular formula is C22H24N4O3. The fourth-order valence-corrected chi connectivity index (χ4v) is 4.01. The third-order valence-corrected chi connectivity index (χ3v) is 5.59. The van der Waals surface area contributed by atoms with Crippen molar-refractivity contribution < 1.29 is 14.4 Å². The third kappa shape index (κ3) is 3.91. The first-order valence-electron chi connectivity index (χ1n) is 9.89. The molecule has 0 spiro atoms. The van der Waals surface area contributed by atoms with Gasteiger partial charge >= 0.3 is 6.03 Å². The molecule has 1 N–H and O–H groups in total. The van der Waals surface area contributed by atoms with Crippen LogP contribution in [-0.4, -0.2) is 57.7 Å². The van der Waals surface area contributed by atoms with Gasteiger partial charge in [-0.3, -0.25) is 19.5 Å². The highest BCUT2D eigenvalue weighted by atomic mass is 16.2. The SMILES string of the molecule is Cc1ccc(C(=O)CN2C(=O)N(Cc3cccnc3)C(=O)C3NCCCC32)cc1. The predicted octanol–water partition coefficient (Wildman–Crippen LogP) is 2.16. The van der Waals surface area contributed by atoms with Gasteiger partial charge in [-0.2, -0.15) is 0 Å². The fourth-order valence-electron chi connectivity index (χ4n) is 4.01. The molecule has 2 saturated heterocycles. The molecule has 0 radical (unpaired) electrons. The van der Waals surface area contributed by atoms with Crippen molar-refractivity contribution >= 4 is 17.7 Å². The van der Waals surface area contributed by atoms with Crippen LogP contribution in [0.25, 0.3) is 0 Å². The average molecular weight is 392 g/mol. The Labute approximate surface area is 169 Å². The van der Waals surface area contributed by atoms with E-state index >= 15 is 0 Å². The summed E-state index contributed by atoms with van der Waals surface area (Å²) < 4.78 is 0. The maximum absolute atomic E-state index is 13.2. The van der Waals surface area contributed by atoms with Gasteiger partial charge in [0.05, 0.1) is 19.1 Å². The summed E-state index contributed by atoms with van der Waals surface area (Å²) >= 11 is 0. The van der Waals surface area contributed by atoms with E-state index in [0.717, 1.165) is 24.1 Å². The number of aromatic nitrogens is 1. The summed E-state index contributed by atoms with van der Waals surface area (Å²) in [6, 6.07) is 9.73. The minimum absolute atomic E-state index is 0.0401. The molecule has 2 aromatic rings. The van der Waals surface area contributed by atoms with Crippen LogP contribution in [-0.2, 0) is 11.3 Å². The Balaban J connectivity index is 1.59. The van der Waals surface area contributed by atoms with Crippen molar-refractivity contribution in [3.8, 4) is 0 Å². The highest BCUT2D eigenvalue weighted by Gasteiger charge is 2.47. The van der Waals surface area contributed by atoms with E-state index in [0.29, 0.717) is 12.0 Å². The van der Waals surface area contributed by atoms with E-state index in [1.807, 2.05) is 25.1 Å². The van der Waals surface area contributed by atoms with Crippen LogP contribution in [0.5, 0.6) is 0 Å². The van der Waals surface area contributed by atoms with E-state index in [1.54, 1.807) is 35.5 Å². The Bertz CT molecular complexity index is 913. The first kappa shape index (κ1) is 19.3. The van der Waals surface area contributed by atoms with E-state index < -0.39 is 12.1 Å². The lowest BCUT2D eigenvalue weighted by molar-refractivity contribution is -0.137. The lowest BCUT2D eigenvalue weighted by Gasteiger charge is -2.46. The summed E-state index contributed by atoms with van der Waals surface area (Å²) in [5, 5.41) is 3.25. The lowest BCUT2D eigenvalue weighted by Crippen LogP contribution is -2.69. The van der Waals surface area contributed by atoms with Crippen LogP contribution in [0, 0.1) is 6.92 Å². The molecule has 1 aromatic carbocycles. The summed E-state index contributed by atoms with van der Waals surface area (Å²) in [6.45, 7) is 2.79. The van der Waals surface area contributed by atoms with Crippen molar-refractivity contribution in [3.05, 3.63) is 65.5 Å². The fraction of sp³-hybridized carbons (Fsp3) is 0.364. The number of nitrogens with zero attached hydrogens (tertiary/aromatic N) is 3. The number of urea groups is 1. The van der Waals surface area contributed by atoms with Gasteiger partial charge in [0.15, 0.2) is 5.78 Å². The number of amides is 3. The Hall–Kier alpha value is -3.06. The van der Waals surface area contributed by atoms with E-state index in [2.05, 4.69) is 10.3 Å². The summed E-state index contributed by atoms with van der Waals surface area (Å²) in [4.78, 5) is 46.0. The van der Waals surface area contributed by atoms with E-state index in [1.165, 1.54) is 4.90 Å². The molecule has 0 aliphatic carbocycles. The number of nitrogens with one attached hydrogen (secondary N) is 1. The molecule has 3 heterocycles. The second-order valence-electron chi connectivity index (χ2n) is 7.63. The molecule has 150 valence electrons. The molecule has 2 atom stereocenters. The smallest absolute Gasteiger partial charge is 0.311 e. The number of piperidine rings is 1. The van der Waals surface area contributed by atoms with Gasteiger partial charge in [-0.05, 0) is 37.9 Å². The summed E-state index contributed by atoms with van der Waals surface area (Å²) in [5.41, 5.74) is 2.41. The van der Waals surface area contributed by atoms with Crippen LogP contribution in [0.2, 0.25) is 0 Å². The number of rotatable bonds is 5. The molecule has 29 heavy (non-hydrogen) atoms. The molecule has 2 aliphatic heterocycles. The number of benzene rings is 1. The number of pyridine rings is 1. The number of Topliss-reactive ketones (excluding diaryl/α,β-unsaturated/α-hetero) is 1. The Morgan fingerprint density at radius 1 is 1.21 bits per heavy atom. The van der Waals surface area contributed by atoms with Gasteiger partial charge in [0.25, 0.3) is 0 Å². The van der Waals surface area contributed by atoms with Gasteiger partial charge in [-0.1, -0.05) is 35.9 Å². The molecule has 0 bridgehead atoms. The molecule has 2 aliphatic rings. The molecule has 4 rings (SSSR count). The van der Waals surface area contributed by atoms with Crippen molar-refractivity contribution in [3.63, 3.8) is 0 Å². The summed E-state index contributed by atoms with van der Waals surface area (Å²) in [5.74, 6) is -0.360. The normalized spacial score (nSPS) is 21.8. The van der Waals surface area contributed by atoms with Crippen LogP contribution in [0.15, 0.2) is 48.8 Å². The highest BCUT2D eigenvalue weighted by Crippen LogP contribution is 2.26. The van der Waals surface area contributed by atoms with Crippen LogP contribution < -0.4 is 5.32 Å². The molecule has 7 nitrogen and oxygen atoms in total. The first-order valence-corrected chi connectivity index (χ1v) is 9.89. The Kier molecular flexibility index (Phi) is 5.40. The first-order chi connectivity index (χ1) is 14.0. The highest BCUT2D eigenvalue weighted by molar-refractivity contribution is 6.04. The largest absolute Gasteiger partial charge is 0.327 e. The number of carbonyl (C=O) groups is 3. The second kappa shape index (κ2) is 8.13. The maximum Gasteiger partial charge on any atom is 0.327 e. The van der Waals surface area contributed by atoms with Crippen molar-refractivity contribution in [2.24, 2.45) is 0 Å². The van der Waals surface area contributed by atoms with Crippen molar-refractivity contribution in [1.82, 2.24) is 20.1 Å². The molecule has 1 aromatic heterocycles. The van der Waals surface area contributed by atoms with E-state index in [4.69, 9.17) is 0 Å². The Morgan fingerprint density at radius 3 is 2.72 bits per heavy atom. The van der Waals surface area contributed by atoms with E-state index in [9.17, 15) is 14.4 Å². The minimum atomic E-state index is -0.482. The molecule has 0 saturated carbocycles. The maximum atomic E-state index is 13.2. The number of hydrogen-bond acceptors (Lipinski definition) is 5. The van der Waals surface area contributed by atoms with Gasteiger partial charge in [-0.25, -0.2) is 4.79 Å². The molecular weight excluding hydrogens is 368 g/mol. The van der Waals surface area contributed by atoms with Crippen molar-refractivity contribution in [2.75, 3.05) is 13.1 Å². The summed E-state index contributed by atoms with van der Waals surface area (Å²) in [7, 11) is 0. The van der Waals surface area contributed by atoms with Gasteiger partial charge in [-0.15, -0.1) is 0 Å². The molecule has 2 fully saturated rings. The number of imide groups is 1. The molecule has 7 heteroatoms. The number of ketones is 1. The average Bonchev–Trinajstić information content (AvgIpc) is 2.75. The summed E-state index contributed by atoms with van der Waals surface area (Å²) in [6.07, 6.45) is 4.86. The molecule has 3 amide bonds.